The number of allylic oxidation sites excluding steroid dienone is 3. The van der Waals surface area contributed by atoms with E-state index in [9.17, 15) is 4.79 Å². The Balaban J connectivity index is 2.33. The Labute approximate surface area is 138 Å². The SMILES string of the molecule is [B]c1ccc(CC(=N)C(=O)C2CC2)cc1C(F)(/C=C/C)C(=C)C. The average molecular weight is 309 g/mol. The van der Waals surface area contributed by atoms with Crippen LogP contribution in [0.2, 0.25) is 0 Å². The van der Waals surface area contributed by atoms with Crippen LogP contribution in [0.15, 0.2) is 42.5 Å². The third-order valence-corrected chi connectivity index (χ3v) is 4.15. The summed E-state index contributed by atoms with van der Waals surface area (Å²) in [5, 5.41) is 7.94. The number of hydrogen-bond acceptors (Lipinski definition) is 2. The first kappa shape index (κ1) is 17.4. The number of ketones is 1. The van der Waals surface area contributed by atoms with E-state index in [2.05, 4.69) is 6.58 Å². The summed E-state index contributed by atoms with van der Waals surface area (Å²) in [5.74, 6) is -0.0716. The first-order valence-corrected chi connectivity index (χ1v) is 7.79. The van der Waals surface area contributed by atoms with Crippen molar-refractivity contribution < 1.29 is 9.18 Å². The summed E-state index contributed by atoms with van der Waals surface area (Å²) in [4.78, 5) is 11.9. The van der Waals surface area contributed by atoms with Crippen LogP contribution in [0.1, 0.15) is 37.8 Å². The third-order valence-electron chi connectivity index (χ3n) is 4.15. The van der Waals surface area contributed by atoms with E-state index >= 15 is 4.39 Å². The zero-order chi connectivity index (χ0) is 17.2. The minimum absolute atomic E-state index is 0.0227. The van der Waals surface area contributed by atoms with Crippen molar-refractivity contribution in [1.82, 2.24) is 0 Å². The van der Waals surface area contributed by atoms with Gasteiger partial charge in [0, 0.05) is 12.3 Å². The number of rotatable bonds is 7. The number of carbonyl (C=O) groups is 1. The van der Waals surface area contributed by atoms with Crippen molar-refractivity contribution in [1.29, 1.82) is 5.41 Å². The van der Waals surface area contributed by atoms with Gasteiger partial charge in [0.2, 0.25) is 0 Å². The smallest absolute Gasteiger partial charge is 0.179 e. The highest BCUT2D eigenvalue weighted by Gasteiger charge is 2.33. The summed E-state index contributed by atoms with van der Waals surface area (Å²) in [6, 6.07) is 5.00. The number of benzene rings is 1. The molecule has 1 N–H and O–H groups in total. The average Bonchev–Trinajstić information content (AvgIpc) is 3.33. The molecule has 1 aliphatic rings. The minimum Gasteiger partial charge on any atom is -0.301 e. The van der Waals surface area contributed by atoms with Crippen LogP contribution in [0.5, 0.6) is 0 Å². The lowest BCUT2D eigenvalue weighted by atomic mass is 9.78. The van der Waals surface area contributed by atoms with Crippen LogP contribution in [-0.2, 0) is 16.9 Å². The first-order valence-electron chi connectivity index (χ1n) is 7.79. The van der Waals surface area contributed by atoms with Gasteiger partial charge in [-0.05, 0) is 49.5 Å². The molecular weight excluding hydrogens is 288 g/mol. The summed E-state index contributed by atoms with van der Waals surface area (Å²) < 4.78 is 15.3. The molecule has 1 fully saturated rings. The summed E-state index contributed by atoms with van der Waals surface area (Å²) in [5.41, 5.74) is -0.0828. The molecule has 1 unspecified atom stereocenters. The van der Waals surface area contributed by atoms with E-state index in [0.29, 0.717) is 22.2 Å². The van der Waals surface area contributed by atoms with Crippen molar-refractivity contribution in [2.24, 2.45) is 5.92 Å². The van der Waals surface area contributed by atoms with Gasteiger partial charge in [-0.15, -0.1) is 0 Å². The van der Waals surface area contributed by atoms with Gasteiger partial charge in [-0.3, -0.25) is 4.79 Å². The highest BCUT2D eigenvalue weighted by atomic mass is 19.1. The fourth-order valence-electron chi connectivity index (χ4n) is 2.60. The highest BCUT2D eigenvalue weighted by molar-refractivity contribution is 6.40. The summed E-state index contributed by atoms with van der Waals surface area (Å²) in [6.45, 7) is 7.09. The van der Waals surface area contributed by atoms with Gasteiger partial charge in [0.05, 0.1) is 5.71 Å². The number of alkyl halides is 1. The van der Waals surface area contributed by atoms with Crippen LogP contribution in [0.25, 0.3) is 0 Å². The van der Waals surface area contributed by atoms with Gasteiger partial charge < -0.3 is 5.41 Å². The first-order chi connectivity index (χ1) is 10.8. The fourth-order valence-corrected chi connectivity index (χ4v) is 2.60. The summed E-state index contributed by atoms with van der Waals surface area (Å²) in [6.07, 6.45) is 4.99. The van der Waals surface area contributed by atoms with Crippen LogP contribution >= 0.6 is 0 Å². The molecule has 0 aromatic heterocycles. The normalized spacial score (nSPS) is 17.0. The maximum absolute atomic E-state index is 15.3. The van der Waals surface area contributed by atoms with Crippen LogP contribution in [0, 0.1) is 11.3 Å². The molecule has 1 aromatic rings. The molecule has 0 heterocycles. The molecule has 2 rings (SSSR count). The van der Waals surface area contributed by atoms with Crippen molar-refractivity contribution in [3.63, 3.8) is 0 Å². The molecule has 0 bridgehead atoms. The number of nitrogens with one attached hydrogen (secondary N) is 1. The molecule has 2 nitrogen and oxygen atoms in total. The predicted octanol–water partition coefficient (Wildman–Crippen LogP) is 3.34. The molecule has 118 valence electrons. The molecule has 0 amide bonds. The minimum atomic E-state index is -1.85. The summed E-state index contributed by atoms with van der Waals surface area (Å²) >= 11 is 0. The zero-order valence-corrected chi connectivity index (χ0v) is 13.7. The van der Waals surface area contributed by atoms with Crippen LogP contribution in [-0.4, -0.2) is 19.3 Å². The number of hydrogen-bond donors (Lipinski definition) is 1. The predicted molar refractivity (Wildman–Crippen MR) is 93.4 cm³/mol. The van der Waals surface area contributed by atoms with E-state index < -0.39 is 5.67 Å². The largest absolute Gasteiger partial charge is 0.301 e. The van der Waals surface area contributed by atoms with Crippen LogP contribution in [0.4, 0.5) is 4.39 Å². The molecule has 0 aliphatic heterocycles. The van der Waals surface area contributed by atoms with Crippen LogP contribution in [0.3, 0.4) is 0 Å². The quantitative estimate of drug-likeness (QED) is 0.468. The van der Waals surface area contributed by atoms with Gasteiger partial charge in [-0.25, -0.2) is 4.39 Å². The Morgan fingerprint density at radius 2 is 2.17 bits per heavy atom. The monoisotopic (exact) mass is 309 g/mol. The van der Waals surface area contributed by atoms with Crippen molar-refractivity contribution >= 4 is 24.8 Å². The van der Waals surface area contributed by atoms with Gasteiger partial charge in [0.1, 0.15) is 7.85 Å². The van der Waals surface area contributed by atoms with Crippen molar-refractivity contribution in [2.75, 3.05) is 0 Å². The lowest BCUT2D eigenvalue weighted by Crippen LogP contribution is -2.27. The second-order valence-electron chi connectivity index (χ2n) is 6.21. The van der Waals surface area contributed by atoms with E-state index in [1.165, 1.54) is 6.08 Å². The van der Waals surface area contributed by atoms with E-state index in [0.717, 1.165) is 12.8 Å². The molecule has 23 heavy (non-hydrogen) atoms. The van der Waals surface area contributed by atoms with Crippen molar-refractivity contribution in [3.8, 4) is 0 Å². The Kier molecular flexibility index (Phi) is 5.03. The van der Waals surface area contributed by atoms with Gasteiger partial charge in [0.25, 0.3) is 0 Å². The number of carbonyl (C=O) groups excluding carboxylic acids is 1. The fraction of sp³-hybridized carbons (Fsp3) is 0.368. The highest BCUT2D eigenvalue weighted by Crippen LogP contribution is 2.34. The Hall–Kier alpha value is -1.97. The zero-order valence-electron chi connectivity index (χ0n) is 13.7. The topological polar surface area (TPSA) is 40.9 Å². The van der Waals surface area contributed by atoms with Crippen molar-refractivity contribution in [2.45, 2.75) is 38.8 Å². The van der Waals surface area contributed by atoms with E-state index in [1.54, 1.807) is 38.1 Å². The Morgan fingerprint density at radius 3 is 2.70 bits per heavy atom. The maximum Gasteiger partial charge on any atom is 0.179 e. The Morgan fingerprint density at radius 1 is 1.52 bits per heavy atom. The molecule has 1 saturated carbocycles. The van der Waals surface area contributed by atoms with E-state index in [1.807, 2.05) is 0 Å². The molecule has 1 aliphatic carbocycles. The second-order valence-corrected chi connectivity index (χ2v) is 6.21. The molecule has 2 radical (unpaired) electrons. The molecule has 0 saturated heterocycles. The number of Topliss-reactive ketones (excluding diaryl/α,β-unsaturated/α-hetero) is 1. The van der Waals surface area contributed by atoms with Gasteiger partial charge in [-0.2, -0.15) is 0 Å². The number of halogens is 1. The van der Waals surface area contributed by atoms with E-state index in [-0.39, 0.29) is 23.8 Å². The van der Waals surface area contributed by atoms with E-state index in [4.69, 9.17) is 13.3 Å². The van der Waals surface area contributed by atoms with Gasteiger partial charge in [0.15, 0.2) is 11.5 Å². The second kappa shape index (κ2) is 6.65. The van der Waals surface area contributed by atoms with Crippen molar-refractivity contribution in [3.05, 3.63) is 53.6 Å². The lowest BCUT2D eigenvalue weighted by molar-refractivity contribution is -0.114. The Bertz CT molecular complexity index is 691. The van der Waals surface area contributed by atoms with Crippen LogP contribution < -0.4 is 5.46 Å². The molecule has 0 spiro atoms. The summed E-state index contributed by atoms with van der Waals surface area (Å²) in [7, 11) is 5.96. The lowest BCUT2D eigenvalue weighted by Gasteiger charge is -2.25. The van der Waals surface area contributed by atoms with Gasteiger partial charge in [-0.1, -0.05) is 36.3 Å². The maximum atomic E-state index is 15.3. The standard InChI is InChI=1S/C19H21BFNO/c1-4-9-19(21,12(2)3)15-10-13(5-8-16(15)20)11-17(22)18(23)14-6-7-14/h4-5,8-10,14,22H,2,6-7,11H2,1,3H3/b9-4+,22-17?. The molecule has 1 aromatic carbocycles. The molecule has 1 atom stereocenters. The molecular formula is C19H21BFNO. The van der Waals surface area contributed by atoms with Gasteiger partial charge >= 0.3 is 0 Å². The molecule has 4 heteroatoms. The third kappa shape index (κ3) is 3.69.